The van der Waals surface area contributed by atoms with Gasteiger partial charge in [-0.05, 0) is 13.0 Å². The Hall–Kier alpha value is -2.69. The van der Waals surface area contributed by atoms with Gasteiger partial charge in [-0.15, -0.1) is 0 Å². The Labute approximate surface area is 123 Å². The number of hydrogen-bond donors (Lipinski definition) is 1. The number of benzene rings is 1. The van der Waals surface area contributed by atoms with Crippen molar-refractivity contribution in [1.29, 1.82) is 0 Å². The minimum atomic E-state index is 0.629. The highest BCUT2D eigenvalue weighted by atomic mass is 15.3. The predicted octanol–water partition coefficient (Wildman–Crippen LogP) is 2.89. The fourth-order valence-corrected chi connectivity index (χ4v) is 2.29. The topological polar surface area (TPSA) is 55.6 Å². The molecule has 3 aromatic rings. The first-order chi connectivity index (χ1) is 10.2. The molecule has 0 saturated carbocycles. The SMILES string of the molecule is CNc1nc(-c2ccn(C)n2)nc(-c2ccccc2)c1C. The molecule has 0 aliphatic carbocycles. The van der Waals surface area contributed by atoms with E-state index in [0.29, 0.717) is 5.82 Å². The van der Waals surface area contributed by atoms with Gasteiger partial charge in [-0.3, -0.25) is 4.68 Å². The van der Waals surface area contributed by atoms with Crippen LogP contribution >= 0.6 is 0 Å². The summed E-state index contributed by atoms with van der Waals surface area (Å²) in [5.74, 6) is 1.45. The molecule has 0 unspecified atom stereocenters. The van der Waals surface area contributed by atoms with E-state index in [0.717, 1.165) is 28.3 Å². The van der Waals surface area contributed by atoms with Gasteiger partial charge in [-0.2, -0.15) is 5.10 Å². The summed E-state index contributed by atoms with van der Waals surface area (Å²) in [6, 6.07) is 12.0. The monoisotopic (exact) mass is 279 g/mol. The van der Waals surface area contributed by atoms with Gasteiger partial charge in [0.05, 0.1) is 5.69 Å². The third-order valence-corrected chi connectivity index (χ3v) is 3.37. The van der Waals surface area contributed by atoms with E-state index in [4.69, 9.17) is 4.98 Å². The Kier molecular flexibility index (Phi) is 3.39. The van der Waals surface area contributed by atoms with E-state index in [1.807, 2.05) is 51.5 Å². The molecule has 5 heteroatoms. The Balaban J connectivity index is 2.20. The zero-order valence-corrected chi connectivity index (χ0v) is 12.3. The average molecular weight is 279 g/mol. The number of aryl methyl sites for hydroxylation is 1. The highest BCUT2D eigenvalue weighted by molar-refractivity contribution is 5.71. The fraction of sp³-hybridized carbons (Fsp3) is 0.188. The van der Waals surface area contributed by atoms with Crippen molar-refractivity contribution in [2.75, 3.05) is 12.4 Å². The summed E-state index contributed by atoms with van der Waals surface area (Å²) >= 11 is 0. The molecule has 21 heavy (non-hydrogen) atoms. The third-order valence-electron chi connectivity index (χ3n) is 3.37. The summed E-state index contributed by atoms with van der Waals surface area (Å²) in [4.78, 5) is 9.27. The van der Waals surface area contributed by atoms with Crippen molar-refractivity contribution in [2.24, 2.45) is 7.05 Å². The molecule has 2 heterocycles. The van der Waals surface area contributed by atoms with E-state index in [1.54, 1.807) is 4.68 Å². The predicted molar refractivity (Wildman–Crippen MR) is 84.0 cm³/mol. The van der Waals surface area contributed by atoms with Crippen molar-refractivity contribution in [3.05, 3.63) is 48.2 Å². The first kappa shape index (κ1) is 13.3. The Bertz CT molecular complexity index is 762. The minimum absolute atomic E-state index is 0.629. The van der Waals surface area contributed by atoms with Crippen molar-refractivity contribution in [3.63, 3.8) is 0 Å². The molecule has 0 aliphatic rings. The minimum Gasteiger partial charge on any atom is -0.373 e. The van der Waals surface area contributed by atoms with E-state index in [2.05, 4.69) is 27.5 Å². The van der Waals surface area contributed by atoms with Crippen LogP contribution < -0.4 is 5.32 Å². The van der Waals surface area contributed by atoms with Gasteiger partial charge in [0.15, 0.2) is 5.82 Å². The molecular formula is C16H17N5. The second kappa shape index (κ2) is 5.36. The van der Waals surface area contributed by atoms with Crippen LogP contribution in [0.5, 0.6) is 0 Å². The number of aromatic nitrogens is 4. The van der Waals surface area contributed by atoms with E-state index in [1.165, 1.54) is 0 Å². The number of anilines is 1. The number of nitrogens with one attached hydrogen (secondary N) is 1. The van der Waals surface area contributed by atoms with Crippen molar-refractivity contribution in [3.8, 4) is 22.8 Å². The average Bonchev–Trinajstić information content (AvgIpc) is 2.95. The van der Waals surface area contributed by atoms with Crippen LogP contribution in [0, 0.1) is 6.92 Å². The van der Waals surface area contributed by atoms with E-state index in [9.17, 15) is 0 Å². The molecule has 2 aromatic heterocycles. The van der Waals surface area contributed by atoms with Crippen LogP contribution in [0.3, 0.4) is 0 Å². The molecule has 0 saturated heterocycles. The lowest BCUT2D eigenvalue weighted by molar-refractivity contribution is 0.768. The molecule has 3 rings (SSSR count). The van der Waals surface area contributed by atoms with Crippen LogP contribution in [-0.2, 0) is 7.05 Å². The van der Waals surface area contributed by atoms with Crippen LogP contribution in [-0.4, -0.2) is 26.8 Å². The molecule has 1 aromatic carbocycles. The lowest BCUT2D eigenvalue weighted by Gasteiger charge is -2.11. The number of rotatable bonds is 3. The molecule has 0 amide bonds. The molecule has 106 valence electrons. The van der Waals surface area contributed by atoms with Crippen LogP contribution in [0.1, 0.15) is 5.56 Å². The summed E-state index contributed by atoms with van der Waals surface area (Å²) in [5.41, 5.74) is 3.80. The first-order valence-electron chi connectivity index (χ1n) is 6.81. The summed E-state index contributed by atoms with van der Waals surface area (Å²) in [6.45, 7) is 2.02. The van der Waals surface area contributed by atoms with E-state index in [-0.39, 0.29) is 0 Å². The molecule has 0 bridgehead atoms. The molecule has 0 aliphatic heterocycles. The lowest BCUT2D eigenvalue weighted by atomic mass is 10.1. The van der Waals surface area contributed by atoms with Gasteiger partial charge >= 0.3 is 0 Å². The summed E-state index contributed by atoms with van der Waals surface area (Å²) in [6.07, 6.45) is 1.89. The molecule has 1 N–H and O–H groups in total. The molecule has 5 nitrogen and oxygen atoms in total. The van der Waals surface area contributed by atoms with Crippen LogP contribution in [0.25, 0.3) is 22.8 Å². The van der Waals surface area contributed by atoms with Gasteiger partial charge in [0.2, 0.25) is 0 Å². The highest BCUT2D eigenvalue weighted by Gasteiger charge is 2.14. The molecular weight excluding hydrogens is 262 g/mol. The van der Waals surface area contributed by atoms with Gasteiger partial charge < -0.3 is 5.32 Å². The zero-order chi connectivity index (χ0) is 14.8. The Morgan fingerprint density at radius 3 is 2.43 bits per heavy atom. The maximum Gasteiger partial charge on any atom is 0.182 e. The molecule has 0 radical (unpaired) electrons. The maximum atomic E-state index is 4.71. The number of nitrogens with zero attached hydrogens (tertiary/aromatic N) is 4. The third kappa shape index (κ3) is 2.50. The first-order valence-corrected chi connectivity index (χ1v) is 6.81. The second-order valence-electron chi connectivity index (χ2n) is 4.86. The van der Waals surface area contributed by atoms with Crippen LogP contribution in [0.15, 0.2) is 42.6 Å². The molecule has 0 spiro atoms. The van der Waals surface area contributed by atoms with Gasteiger partial charge in [0.1, 0.15) is 11.5 Å². The highest BCUT2D eigenvalue weighted by Crippen LogP contribution is 2.28. The van der Waals surface area contributed by atoms with Gasteiger partial charge in [0, 0.05) is 31.4 Å². The van der Waals surface area contributed by atoms with E-state index >= 15 is 0 Å². The van der Waals surface area contributed by atoms with Crippen LogP contribution in [0.4, 0.5) is 5.82 Å². The van der Waals surface area contributed by atoms with Crippen LogP contribution in [0.2, 0.25) is 0 Å². The summed E-state index contributed by atoms with van der Waals surface area (Å²) in [5, 5.41) is 7.52. The molecule has 0 fully saturated rings. The van der Waals surface area contributed by atoms with Crippen molar-refractivity contribution >= 4 is 5.82 Å². The quantitative estimate of drug-likeness (QED) is 0.801. The van der Waals surface area contributed by atoms with Gasteiger partial charge in [0.25, 0.3) is 0 Å². The zero-order valence-electron chi connectivity index (χ0n) is 12.3. The van der Waals surface area contributed by atoms with E-state index < -0.39 is 0 Å². The lowest BCUT2D eigenvalue weighted by Crippen LogP contribution is -2.03. The Morgan fingerprint density at radius 2 is 1.81 bits per heavy atom. The maximum absolute atomic E-state index is 4.71. The number of hydrogen-bond acceptors (Lipinski definition) is 4. The van der Waals surface area contributed by atoms with Crippen molar-refractivity contribution in [2.45, 2.75) is 6.92 Å². The Morgan fingerprint density at radius 1 is 1.05 bits per heavy atom. The van der Waals surface area contributed by atoms with Crippen molar-refractivity contribution in [1.82, 2.24) is 19.7 Å². The second-order valence-corrected chi connectivity index (χ2v) is 4.86. The largest absolute Gasteiger partial charge is 0.373 e. The van der Waals surface area contributed by atoms with Gasteiger partial charge in [-0.25, -0.2) is 9.97 Å². The fourth-order valence-electron chi connectivity index (χ4n) is 2.29. The normalized spacial score (nSPS) is 10.6. The summed E-state index contributed by atoms with van der Waals surface area (Å²) < 4.78 is 1.75. The summed E-state index contributed by atoms with van der Waals surface area (Å²) in [7, 11) is 3.75. The standard InChI is InChI=1S/C16H17N5/c1-11-14(12-7-5-4-6-8-12)18-16(19-15(11)17-2)13-9-10-21(3)20-13/h4-10H,1-3H3,(H,17,18,19). The smallest absolute Gasteiger partial charge is 0.182 e. The molecule has 0 atom stereocenters. The van der Waals surface area contributed by atoms with Crippen molar-refractivity contribution < 1.29 is 0 Å². The van der Waals surface area contributed by atoms with Gasteiger partial charge in [-0.1, -0.05) is 30.3 Å².